The second kappa shape index (κ2) is 7.10. The Balaban J connectivity index is 1.63. The molecule has 0 aromatic carbocycles. The number of aliphatic hydroxyl groups is 1. The minimum Gasteiger partial charge on any atom is -0.392 e. The molecular formula is C14H26N2O2. The Labute approximate surface area is 110 Å². The van der Waals surface area contributed by atoms with Crippen molar-refractivity contribution < 1.29 is 9.90 Å². The summed E-state index contributed by atoms with van der Waals surface area (Å²) in [7, 11) is 0. The zero-order valence-electron chi connectivity index (χ0n) is 11.2. The molecule has 0 aromatic heterocycles. The lowest BCUT2D eigenvalue weighted by Crippen LogP contribution is -2.44. The number of hydrogen-bond donors (Lipinski definition) is 2. The van der Waals surface area contributed by atoms with Gasteiger partial charge in [-0.15, -0.1) is 0 Å². The standard InChI is InChI=1S/C14H26N2O2/c17-13-7-3-2-6-12(13)15-9-8-14(18)16-10-4-1-5-11-16/h12-13,15,17H,1-11H2/t12-,13-/m1/s1. The molecule has 18 heavy (non-hydrogen) atoms. The number of carbonyl (C=O) groups excluding carboxylic acids is 1. The van der Waals surface area contributed by atoms with Gasteiger partial charge in [0.2, 0.25) is 5.91 Å². The van der Waals surface area contributed by atoms with Crippen molar-refractivity contribution in [3.63, 3.8) is 0 Å². The predicted molar refractivity (Wildman–Crippen MR) is 71.3 cm³/mol. The lowest BCUT2D eigenvalue weighted by molar-refractivity contribution is -0.132. The summed E-state index contributed by atoms with van der Waals surface area (Å²) in [4.78, 5) is 13.9. The summed E-state index contributed by atoms with van der Waals surface area (Å²) in [5, 5.41) is 13.2. The molecule has 2 atom stereocenters. The Morgan fingerprint density at radius 2 is 1.83 bits per heavy atom. The third-order valence-corrected chi connectivity index (χ3v) is 4.18. The van der Waals surface area contributed by atoms with Crippen LogP contribution in [0, 0.1) is 0 Å². The molecular weight excluding hydrogens is 228 g/mol. The quantitative estimate of drug-likeness (QED) is 0.794. The molecule has 2 rings (SSSR count). The van der Waals surface area contributed by atoms with Gasteiger partial charge < -0.3 is 15.3 Å². The second-order valence-electron chi connectivity index (χ2n) is 5.60. The predicted octanol–water partition coefficient (Wildman–Crippen LogP) is 1.28. The summed E-state index contributed by atoms with van der Waals surface area (Å²) in [5.41, 5.74) is 0. The molecule has 1 saturated carbocycles. The van der Waals surface area contributed by atoms with E-state index in [4.69, 9.17) is 0 Å². The van der Waals surface area contributed by atoms with E-state index in [1.165, 1.54) is 12.8 Å². The number of nitrogens with zero attached hydrogens (tertiary/aromatic N) is 1. The first-order valence-corrected chi connectivity index (χ1v) is 7.46. The lowest BCUT2D eigenvalue weighted by atomic mass is 9.92. The van der Waals surface area contributed by atoms with Crippen molar-refractivity contribution in [3.05, 3.63) is 0 Å². The first-order chi connectivity index (χ1) is 8.77. The third kappa shape index (κ3) is 3.95. The molecule has 4 nitrogen and oxygen atoms in total. The van der Waals surface area contributed by atoms with E-state index in [0.29, 0.717) is 13.0 Å². The van der Waals surface area contributed by atoms with E-state index < -0.39 is 0 Å². The number of nitrogens with one attached hydrogen (secondary N) is 1. The minimum atomic E-state index is -0.219. The van der Waals surface area contributed by atoms with Gasteiger partial charge in [-0.25, -0.2) is 0 Å². The third-order valence-electron chi connectivity index (χ3n) is 4.18. The zero-order valence-corrected chi connectivity index (χ0v) is 11.2. The van der Waals surface area contributed by atoms with E-state index in [1.807, 2.05) is 4.90 Å². The van der Waals surface area contributed by atoms with Gasteiger partial charge >= 0.3 is 0 Å². The van der Waals surface area contributed by atoms with Crippen LogP contribution in [0.5, 0.6) is 0 Å². The van der Waals surface area contributed by atoms with Crippen LogP contribution < -0.4 is 5.32 Å². The highest BCUT2D eigenvalue weighted by atomic mass is 16.3. The molecule has 0 radical (unpaired) electrons. The molecule has 2 fully saturated rings. The van der Waals surface area contributed by atoms with Crippen LogP contribution in [0.15, 0.2) is 0 Å². The Kier molecular flexibility index (Phi) is 5.45. The average Bonchev–Trinajstić information content (AvgIpc) is 2.42. The summed E-state index contributed by atoms with van der Waals surface area (Å²) >= 11 is 0. The summed E-state index contributed by atoms with van der Waals surface area (Å²) in [6, 6.07) is 0.202. The first-order valence-electron chi connectivity index (χ1n) is 7.46. The smallest absolute Gasteiger partial charge is 0.223 e. The molecule has 0 unspecified atom stereocenters. The van der Waals surface area contributed by atoms with Crippen LogP contribution in [0.25, 0.3) is 0 Å². The highest BCUT2D eigenvalue weighted by Gasteiger charge is 2.23. The number of aliphatic hydroxyl groups excluding tert-OH is 1. The van der Waals surface area contributed by atoms with Crippen LogP contribution in [0.3, 0.4) is 0 Å². The Bertz CT molecular complexity index is 265. The van der Waals surface area contributed by atoms with Crippen molar-refractivity contribution in [2.75, 3.05) is 19.6 Å². The lowest BCUT2D eigenvalue weighted by Gasteiger charge is -2.29. The topological polar surface area (TPSA) is 52.6 Å². The van der Waals surface area contributed by atoms with Crippen LogP contribution in [-0.4, -0.2) is 47.7 Å². The second-order valence-corrected chi connectivity index (χ2v) is 5.60. The summed E-state index contributed by atoms with van der Waals surface area (Å²) in [6.45, 7) is 2.58. The first kappa shape index (κ1) is 13.8. The monoisotopic (exact) mass is 254 g/mol. The SMILES string of the molecule is O=C(CCN[C@@H]1CCCC[C@H]1O)N1CCCCC1. The van der Waals surface area contributed by atoms with Gasteiger partial charge in [-0.2, -0.15) is 0 Å². The Morgan fingerprint density at radius 3 is 2.56 bits per heavy atom. The van der Waals surface area contributed by atoms with Gasteiger partial charge in [-0.05, 0) is 32.1 Å². The number of rotatable bonds is 4. The van der Waals surface area contributed by atoms with Crippen LogP contribution in [0.1, 0.15) is 51.4 Å². The van der Waals surface area contributed by atoms with Gasteiger partial charge in [0, 0.05) is 32.1 Å². The zero-order chi connectivity index (χ0) is 12.8. The maximum atomic E-state index is 11.9. The molecule has 0 spiro atoms. The highest BCUT2D eigenvalue weighted by Crippen LogP contribution is 2.18. The van der Waals surface area contributed by atoms with Crippen molar-refractivity contribution in [3.8, 4) is 0 Å². The van der Waals surface area contributed by atoms with Crippen molar-refractivity contribution in [2.45, 2.75) is 63.5 Å². The number of hydrogen-bond acceptors (Lipinski definition) is 3. The Hall–Kier alpha value is -0.610. The molecule has 0 aromatic rings. The molecule has 1 aliphatic carbocycles. The normalized spacial score (nSPS) is 29.3. The number of piperidine rings is 1. The minimum absolute atomic E-state index is 0.202. The summed E-state index contributed by atoms with van der Waals surface area (Å²) in [5.74, 6) is 0.271. The number of likely N-dealkylation sites (tertiary alicyclic amines) is 1. The van der Waals surface area contributed by atoms with Crippen molar-refractivity contribution >= 4 is 5.91 Å². The largest absolute Gasteiger partial charge is 0.392 e. The van der Waals surface area contributed by atoms with Crippen molar-refractivity contribution in [1.29, 1.82) is 0 Å². The van der Waals surface area contributed by atoms with Gasteiger partial charge in [0.25, 0.3) is 0 Å². The van der Waals surface area contributed by atoms with E-state index in [9.17, 15) is 9.90 Å². The van der Waals surface area contributed by atoms with Gasteiger partial charge in [-0.3, -0.25) is 4.79 Å². The maximum absolute atomic E-state index is 11.9. The maximum Gasteiger partial charge on any atom is 0.223 e. The molecule has 1 heterocycles. The van der Waals surface area contributed by atoms with Crippen LogP contribution in [0.4, 0.5) is 0 Å². The summed E-state index contributed by atoms with van der Waals surface area (Å²) in [6.07, 6.45) is 8.18. The van der Waals surface area contributed by atoms with E-state index in [1.54, 1.807) is 0 Å². The molecule has 0 bridgehead atoms. The Morgan fingerprint density at radius 1 is 1.11 bits per heavy atom. The van der Waals surface area contributed by atoms with Gasteiger partial charge in [-0.1, -0.05) is 12.8 Å². The fraction of sp³-hybridized carbons (Fsp3) is 0.929. The molecule has 2 aliphatic rings. The van der Waals surface area contributed by atoms with E-state index in [-0.39, 0.29) is 18.1 Å². The molecule has 1 amide bonds. The van der Waals surface area contributed by atoms with Crippen molar-refractivity contribution in [2.24, 2.45) is 0 Å². The van der Waals surface area contributed by atoms with Crippen LogP contribution in [0.2, 0.25) is 0 Å². The highest BCUT2D eigenvalue weighted by molar-refractivity contribution is 5.76. The molecule has 104 valence electrons. The molecule has 4 heteroatoms. The van der Waals surface area contributed by atoms with Gasteiger partial charge in [0.05, 0.1) is 6.10 Å². The average molecular weight is 254 g/mol. The molecule has 1 saturated heterocycles. The van der Waals surface area contributed by atoms with Gasteiger partial charge in [0.15, 0.2) is 0 Å². The van der Waals surface area contributed by atoms with Gasteiger partial charge in [0.1, 0.15) is 0 Å². The van der Waals surface area contributed by atoms with E-state index in [2.05, 4.69) is 5.32 Å². The molecule has 2 N–H and O–H groups in total. The van der Waals surface area contributed by atoms with Crippen LogP contribution >= 0.6 is 0 Å². The number of amides is 1. The molecule has 1 aliphatic heterocycles. The van der Waals surface area contributed by atoms with E-state index >= 15 is 0 Å². The van der Waals surface area contributed by atoms with Crippen LogP contribution in [-0.2, 0) is 4.79 Å². The fourth-order valence-corrected chi connectivity index (χ4v) is 3.02. The fourth-order valence-electron chi connectivity index (χ4n) is 3.02. The van der Waals surface area contributed by atoms with E-state index in [0.717, 1.165) is 45.2 Å². The van der Waals surface area contributed by atoms with Crippen molar-refractivity contribution in [1.82, 2.24) is 10.2 Å². The number of carbonyl (C=O) groups is 1. The summed E-state index contributed by atoms with van der Waals surface area (Å²) < 4.78 is 0.